The standard InChI is InChI=1S/C20H36O5/c1-2-3-4-5-6-7-8-9-10-11-12-16-13-14-17(25-16)15-18(19(21)22)20(23)24/h16-18H,2-15H2,1H3,(H,21,22)(H,23,24). The van der Waals surface area contributed by atoms with Crippen molar-refractivity contribution in [3.8, 4) is 0 Å². The predicted molar refractivity (Wildman–Crippen MR) is 97.7 cm³/mol. The minimum Gasteiger partial charge on any atom is -0.481 e. The third-order valence-corrected chi connectivity index (χ3v) is 5.17. The van der Waals surface area contributed by atoms with Crippen LogP contribution in [0.1, 0.15) is 96.8 Å². The summed E-state index contributed by atoms with van der Waals surface area (Å²) in [6, 6.07) is 0. The molecule has 1 saturated heterocycles. The Morgan fingerprint density at radius 1 is 0.840 bits per heavy atom. The van der Waals surface area contributed by atoms with E-state index in [2.05, 4.69) is 6.92 Å². The second-order valence-corrected chi connectivity index (χ2v) is 7.39. The molecule has 0 aromatic carbocycles. The SMILES string of the molecule is CCCCCCCCCCCCC1CCC(CC(C(=O)O)C(=O)O)O1. The lowest BCUT2D eigenvalue weighted by atomic mass is 9.99. The average molecular weight is 357 g/mol. The van der Waals surface area contributed by atoms with Crippen molar-refractivity contribution in [1.82, 2.24) is 0 Å². The Morgan fingerprint density at radius 3 is 1.84 bits per heavy atom. The van der Waals surface area contributed by atoms with Crippen LogP contribution in [0, 0.1) is 5.92 Å². The Bertz CT molecular complexity index is 368. The zero-order valence-corrected chi connectivity index (χ0v) is 15.8. The number of carboxylic acids is 2. The van der Waals surface area contributed by atoms with Crippen LogP contribution in [0.2, 0.25) is 0 Å². The van der Waals surface area contributed by atoms with Crippen molar-refractivity contribution in [1.29, 1.82) is 0 Å². The van der Waals surface area contributed by atoms with Crippen LogP contribution in [0.25, 0.3) is 0 Å². The second kappa shape index (κ2) is 13.2. The van der Waals surface area contributed by atoms with Crippen LogP contribution in [0.3, 0.4) is 0 Å². The molecule has 0 amide bonds. The highest BCUT2D eigenvalue weighted by atomic mass is 16.5. The van der Waals surface area contributed by atoms with E-state index < -0.39 is 17.9 Å². The second-order valence-electron chi connectivity index (χ2n) is 7.39. The van der Waals surface area contributed by atoms with Crippen LogP contribution >= 0.6 is 0 Å². The molecular weight excluding hydrogens is 320 g/mol. The van der Waals surface area contributed by atoms with Crippen molar-refractivity contribution in [3.63, 3.8) is 0 Å². The number of ether oxygens (including phenoxy) is 1. The van der Waals surface area contributed by atoms with E-state index >= 15 is 0 Å². The molecule has 0 aromatic heterocycles. The van der Waals surface area contributed by atoms with Gasteiger partial charge < -0.3 is 14.9 Å². The first kappa shape index (κ1) is 21.9. The molecule has 2 unspecified atom stereocenters. The van der Waals surface area contributed by atoms with Crippen LogP contribution in [-0.4, -0.2) is 34.4 Å². The monoisotopic (exact) mass is 356 g/mol. The van der Waals surface area contributed by atoms with E-state index in [9.17, 15) is 9.59 Å². The molecule has 25 heavy (non-hydrogen) atoms. The van der Waals surface area contributed by atoms with Gasteiger partial charge in [-0.3, -0.25) is 9.59 Å². The number of aliphatic carboxylic acids is 2. The van der Waals surface area contributed by atoms with Crippen molar-refractivity contribution < 1.29 is 24.5 Å². The largest absolute Gasteiger partial charge is 0.481 e. The minimum absolute atomic E-state index is 0.0825. The van der Waals surface area contributed by atoms with Crippen molar-refractivity contribution in [2.24, 2.45) is 5.92 Å². The van der Waals surface area contributed by atoms with Crippen LogP contribution in [0.5, 0.6) is 0 Å². The molecule has 1 heterocycles. The van der Waals surface area contributed by atoms with Gasteiger partial charge in [-0.2, -0.15) is 0 Å². The molecule has 146 valence electrons. The van der Waals surface area contributed by atoms with Crippen molar-refractivity contribution in [2.75, 3.05) is 0 Å². The zero-order valence-electron chi connectivity index (χ0n) is 15.8. The van der Waals surface area contributed by atoms with Gasteiger partial charge in [0.1, 0.15) is 0 Å². The fraction of sp³-hybridized carbons (Fsp3) is 0.900. The van der Waals surface area contributed by atoms with E-state index in [1.54, 1.807) is 0 Å². The molecule has 2 N–H and O–H groups in total. The molecule has 0 spiro atoms. The molecule has 0 aliphatic carbocycles. The molecule has 0 aromatic rings. The number of hydrogen-bond donors (Lipinski definition) is 2. The van der Waals surface area contributed by atoms with E-state index in [1.807, 2.05) is 0 Å². The summed E-state index contributed by atoms with van der Waals surface area (Å²) < 4.78 is 5.85. The first-order valence-corrected chi connectivity index (χ1v) is 10.2. The topological polar surface area (TPSA) is 83.8 Å². The summed E-state index contributed by atoms with van der Waals surface area (Å²) in [7, 11) is 0. The summed E-state index contributed by atoms with van der Waals surface area (Å²) in [5.41, 5.74) is 0. The molecule has 1 rings (SSSR count). The van der Waals surface area contributed by atoms with Gasteiger partial charge in [0.2, 0.25) is 0 Å². The molecule has 0 radical (unpaired) electrons. The van der Waals surface area contributed by atoms with Crippen LogP contribution in [0.15, 0.2) is 0 Å². The maximum absolute atomic E-state index is 10.9. The maximum Gasteiger partial charge on any atom is 0.317 e. The molecular formula is C20H36O5. The van der Waals surface area contributed by atoms with Gasteiger partial charge in [0.25, 0.3) is 0 Å². The highest BCUT2D eigenvalue weighted by Gasteiger charge is 2.33. The third-order valence-electron chi connectivity index (χ3n) is 5.17. The Labute approximate surface area is 152 Å². The molecule has 5 nitrogen and oxygen atoms in total. The summed E-state index contributed by atoms with van der Waals surface area (Å²) in [6.07, 6.45) is 15.9. The lowest BCUT2D eigenvalue weighted by molar-refractivity contribution is -0.156. The molecule has 5 heteroatoms. The highest BCUT2D eigenvalue weighted by Crippen LogP contribution is 2.28. The van der Waals surface area contributed by atoms with Gasteiger partial charge in [0.05, 0.1) is 12.2 Å². The summed E-state index contributed by atoms with van der Waals surface area (Å²) in [4.78, 5) is 21.9. The number of carbonyl (C=O) groups is 2. The van der Waals surface area contributed by atoms with Crippen LogP contribution in [-0.2, 0) is 14.3 Å². The minimum atomic E-state index is -1.35. The number of rotatable bonds is 15. The van der Waals surface area contributed by atoms with Crippen LogP contribution in [0.4, 0.5) is 0 Å². The lowest BCUT2D eigenvalue weighted by Crippen LogP contribution is -2.28. The zero-order chi connectivity index (χ0) is 18.5. The van der Waals surface area contributed by atoms with E-state index in [0.29, 0.717) is 0 Å². The van der Waals surface area contributed by atoms with Gasteiger partial charge in [-0.15, -0.1) is 0 Å². The maximum atomic E-state index is 10.9. The van der Waals surface area contributed by atoms with E-state index in [1.165, 1.54) is 57.8 Å². The van der Waals surface area contributed by atoms with E-state index in [-0.39, 0.29) is 18.6 Å². The van der Waals surface area contributed by atoms with E-state index in [4.69, 9.17) is 14.9 Å². The van der Waals surface area contributed by atoms with Crippen molar-refractivity contribution in [3.05, 3.63) is 0 Å². The smallest absolute Gasteiger partial charge is 0.317 e. The lowest BCUT2D eigenvalue weighted by Gasteiger charge is -2.15. The number of carboxylic acid groups (broad SMARTS) is 2. The van der Waals surface area contributed by atoms with E-state index in [0.717, 1.165) is 25.7 Å². The number of unbranched alkanes of at least 4 members (excludes halogenated alkanes) is 9. The van der Waals surface area contributed by atoms with Gasteiger partial charge >= 0.3 is 11.9 Å². The first-order chi connectivity index (χ1) is 12.0. The molecule has 0 saturated carbocycles. The number of hydrogen-bond acceptors (Lipinski definition) is 3. The normalized spacial score (nSPS) is 20.2. The third kappa shape index (κ3) is 9.83. The fourth-order valence-corrected chi connectivity index (χ4v) is 3.60. The van der Waals surface area contributed by atoms with Crippen molar-refractivity contribution in [2.45, 2.75) is 109 Å². The van der Waals surface area contributed by atoms with Gasteiger partial charge in [-0.1, -0.05) is 71.1 Å². The average Bonchev–Trinajstić information content (AvgIpc) is 3.01. The molecule has 1 aliphatic rings. The van der Waals surface area contributed by atoms with Gasteiger partial charge in [-0.05, 0) is 25.7 Å². The van der Waals surface area contributed by atoms with Crippen molar-refractivity contribution >= 4 is 11.9 Å². The molecule has 0 bridgehead atoms. The molecule has 2 atom stereocenters. The molecule has 1 aliphatic heterocycles. The Hall–Kier alpha value is -1.10. The van der Waals surface area contributed by atoms with Gasteiger partial charge in [0.15, 0.2) is 5.92 Å². The van der Waals surface area contributed by atoms with Gasteiger partial charge in [-0.25, -0.2) is 0 Å². The summed E-state index contributed by atoms with van der Waals surface area (Å²) in [6.45, 7) is 2.24. The Morgan fingerprint density at radius 2 is 1.32 bits per heavy atom. The Kier molecular flexibility index (Phi) is 11.5. The van der Waals surface area contributed by atoms with Crippen LogP contribution < -0.4 is 0 Å². The highest BCUT2D eigenvalue weighted by molar-refractivity contribution is 5.92. The Balaban J connectivity index is 2.01. The predicted octanol–water partition coefficient (Wildman–Crippen LogP) is 5.02. The summed E-state index contributed by atoms with van der Waals surface area (Å²) in [5, 5.41) is 17.9. The summed E-state index contributed by atoms with van der Waals surface area (Å²) >= 11 is 0. The van der Waals surface area contributed by atoms with Gasteiger partial charge in [0, 0.05) is 0 Å². The first-order valence-electron chi connectivity index (χ1n) is 10.2. The fourth-order valence-electron chi connectivity index (χ4n) is 3.60. The quantitative estimate of drug-likeness (QED) is 0.318. The summed E-state index contributed by atoms with van der Waals surface area (Å²) in [5.74, 6) is -3.88. The molecule has 1 fully saturated rings.